The molecule has 0 aliphatic rings. The number of carbonyl (C=O) groups is 1. The topological polar surface area (TPSA) is 47.6 Å². The molecule has 0 amide bonds. The fraction of sp³-hybridized carbons (Fsp3) is 0.909. The van der Waals surface area contributed by atoms with E-state index in [9.17, 15) is 4.79 Å². The first-order valence-corrected chi connectivity index (χ1v) is 5.66. The van der Waals surface area contributed by atoms with Crippen molar-refractivity contribution in [2.75, 3.05) is 33.4 Å². The summed E-state index contributed by atoms with van der Waals surface area (Å²) in [5.74, 6) is -0.0984. The zero-order chi connectivity index (χ0) is 11.4. The molecule has 0 spiro atoms. The van der Waals surface area contributed by atoms with Gasteiger partial charge in [0.05, 0.1) is 6.61 Å². The summed E-state index contributed by atoms with van der Waals surface area (Å²) in [5, 5.41) is 3.28. The van der Waals surface area contributed by atoms with Crippen LogP contribution in [0.1, 0.15) is 32.6 Å². The first-order chi connectivity index (χ1) is 7.31. The highest BCUT2D eigenvalue weighted by Crippen LogP contribution is 1.92. The van der Waals surface area contributed by atoms with Gasteiger partial charge in [-0.1, -0.05) is 0 Å². The minimum atomic E-state index is -0.0984. The van der Waals surface area contributed by atoms with Gasteiger partial charge in [-0.05, 0) is 39.3 Å². The first-order valence-electron chi connectivity index (χ1n) is 5.66. The number of methoxy groups -OCH3 is 1. The van der Waals surface area contributed by atoms with Gasteiger partial charge in [-0.15, -0.1) is 0 Å². The maximum atomic E-state index is 11.0. The summed E-state index contributed by atoms with van der Waals surface area (Å²) in [6, 6.07) is 0. The number of nitrogens with one attached hydrogen (secondary N) is 1. The fourth-order valence-electron chi connectivity index (χ4n) is 1.21. The van der Waals surface area contributed by atoms with Crippen LogP contribution in [0.2, 0.25) is 0 Å². The van der Waals surface area contributed by atoms with Gasteiger partial charge < -0.3 is 14.8 Å². The lowest BCUT2D eigenvalue weighted by Crippen LogP contribution is -2.18. The van der Waals surface area contributed by atoms with Gasteiger partial charge in [0, 0.05) is 20.1 Å². The molecular weight excluding hydrogens is 194 g/mol. The van der Waals surface area contributed by atoms with Crippen molar-refractivity contribution in [1.82, 2.24) is 5.32 Å². The summed E-state index contributed by atoms with van der Waals surface area (Å²) < 4.78 is 9.76. The molecule has 0 radical (unpaired) electrons. The molecule has 0 aromatic heterocycles. The van der Waals surface area contributed by atoms with Crippen molar-refractivity contribution in [3.8, 4) is 0 Å². The third-order valence-electron chi connectivity index (χ3n) is 1.99. The van der Waals surface area contributed by atoms with Gasteiger partial charge in [0.25, 0.3) is 0 Å². The second-order valence-corrected chi connectivity index (χ2v) is 3.36. The summed E-state index contributed by atoms with van der Waals surface area (Å²) in [5.41, 5.74) is 0. The number of ether oxygens (including phenoxy) is 2. The smallest absolute Gasteiger partial charge is 0.305 e. The average Bonchev–Trinajstić information content (AvgIpc) is 2.22. The van der Waals surface area contributed by atoms with Crippen LogP contribution in [0.5, 0.6) is 0 Å². The third-order valence-corrected chi connectivity index (χ3v) is 1.99. The lowest BCUT2D eigenvalue weighted by Gasteiger charge is -2.04. The molecule has 4 heteroatoms. The molecule has 0 rings (SSSR count). The second kappa shape index (κ2) is 11.5. The molecule has 0 fully saturated rings. The second-order valence-electron chi connectivity index (χ2n) is 3.36. The number of hydrogen-bond donors (Lipinski definition) is 1. The van der Waals surface area contributed by atoms with E-state index in [-0.39, 0.29) is 5.97 Å². The molecule has 90 valence electrons. The lowest BCUT2D eigenvalue weighted by molar-refractivity contribution is -0.143. The minimum Gasteiger partial charge on any atom is -0.466 e. The van der Waals surface area contributed by atoms with E-state index < -0.39 is 0 Å². The van der Waals surface area contributed by atoms with Crippen LogP contribution >= 0.6 is 0 Å². The monoisotopic (exact) mass is 217 g/mol. The molecule has 15 heavy (non-hydrogen) atoms. The molecule has 0 atom stereocenters. The predicted molar refractivity (Wildman–Crippen MR) is 59.8 cm³/mol. The van der Waals surface area contributed by atoms with Crippen molar-refractivity contribution < 1.29 is 14.3 Å². The van der Waals surface area contributed by atoms with Crippen LogP contribution in [0.15, 0.2) is 0 Å². The fourth-order valence-corrected chi connectivity index (χ4v) is 1.21. The predicted octanol–water partition coefficient (Wildman–Crippen LogP) is 1.35. The molecule has 0 aromatic rings. The van der Waals surface area contributed by atoms with Gasteiger partial charge in [-0.3, -0.25) is 4.79 Å². The number of hydrogen-bond acceptors (Lipinski definition) is 4. The van der Waals surface area contributed by atoms with Gasteiger partial charge in [-0.2, -0.15) is 0 Å². The standard InChI is InChI=1S/C11H23NO3/c1-3-15-11(13)7-6-9-12-8-4-5-10-14-2/h12H,3-10H2,1-2H3. The minimum absolute atomic E-state index is 0.0984. The van der Waals surface area contributed by atoms with Gasteiger partial charge in [0.2, 0.25) is 0 Å². The van der Waals surface area contributed by atoms with E-state index >= 15 is 0 Å². The molecule has 0 aliphatic carbocycles. The Hall–Kier alpha value is -0.610. The van der Waals surface area contributed by atoms with Crippen LogP contribution in [0.4, 0.5) is 0 Å². The van der Waals surface area contributed by atoms with E-state index in [0.29, 0.717) is 13.0 Å². The number of unbranched alkanes of at least 4 members (excludes halogenated alkanes) is 1. The van der Waals surface area contributed by atoms with Crippen molar-refractivity contribution in [2.45, 2.75) is 32.6 Å². The Morgan fingerprint density at radius 3 is 2.60 bits per heavy atom. The zero-order valence-corrected chi connectivity index (χ0v) is 9.88. The Labute approximate surface area is 92.3 Å². The molecule has 0 aliphatic heterocycles. The highest BCUT2D eigenvalue weighted by Gasteiger charge is 1.99. The van der Waals surface area contributed by atoms with Crippen molar-refractivity contribution in [3.63, 3.8) is 0 Å². The molecule has 0 saturated heterocycles. The van der Waals surface area contributed by atoms with Crippen LogP contribution in [0.3, 0.4) is 0 Å². The van der Waals surface area contributed by atoms with Gasteiger partial charge in [-0.25, -0.2) is 0 Å². The van der Waals surface area contributed by atoms with Crippen molar-refractivity contribution >= 4 is 5.97 Å². The summed E-state index contributed by atoms with van der Waals surface area (Å²) >= 11 is 0. The summed E-state index contributed by atoms with van der Waals surface area (Å²) in [6.45, 7) is 5.00. The Morgan fingerprint density at radius 2 is 1.93 bits per heavy atom. The summed E-state index contributed by atoms with van der Waals surface area (Å²) in [4.78, 5) is 11.0. The quantitative estimate of drug-likeness (QED) is 0.443. The molecule has 1 N–H and O–H groups in total. The van der Waals surface area contributed by atoms with Crippen LogP contribution in [0, 0.1) is 0 Å². The van der Waals surface area contributed by atoms with Gasteiger partial charge >= 0.3 is 5.97 Å². The molecule has 4 nitrogen and oxygen atoms in total. The molecule has 0 bridgehead atoms. The summed E-state index contributed by atoms with van der Waals surface area (Å²) in [7, 11) is 1.72. The maximum Gasteiger partial charge on any atom is 0.305 e. The van der Waals surface area contributed by atoms with Crippen LogP contribution in [-0.2, 0) is 14.3 Å². The Kier molecular flexibility index (Phi) is 11.0. The lowest BCUT2D eigenvalue weighted by atomic mass is 10.3. The molecular formula is C11H23NO3. The molecule has 0 saturated carbocycles. The molecule has 0 heterocycles. The van der Waals surface area contributed by atoms with Crippen LogP contribution in [-0.4, -0.2) is 39.4 Å². The Balaban J connectivity index is 3.01. The number of esters is 1. The van der Waals surface area contributed by atoms with Crippen molar-refractivity contribution in [1.29, 1.82) is 0 Å². The highest BCUT2D eigenvalue weighted by atomic mass is 16.5. The van der Waals surface area contributed by atoms with Gasteiger partial charge in [0.1, 0.15) is 0 Å². The summed E-state index contributed by atoms with van der Waals surface area (Å²) in [6.07, 6.45) is 3.57. The van der Waals surface area contributed by atoms with Crippen molar-refractivity contribution in [2.24, 2.45) is 0 Å². The SMILES string of the molecule is CCOC(=O)CCCNCCCCOC. The van der Waals surface area contributed by atoms with E-state index in [2.05, 4.69) is 5.32 Å². The van der Waals surface area contributed by atoms with Gasteiger partial charge in [0.15, 0.2) is 0 Å². The normalized spacial score (nSPS) is 10.3. The van der Waals surface area contributed by atoms with Crippen LogP contribution < -0.4 is 5.32 Å². The zero-order valence-electron chi connectivity index (χ0n) is 9.88. The van der Waals surface area contributed by atoms with E-state index in [1.54, 1.807) is 7.11 Å². The Bertz CT molecular complexity index is 151. The Morgan fingerprint density at radius 1 is 1.20 bits per heavy atom. The number of rotatable bonds is 10. The third kappa shape index (κ3) is 11.3. The molecule has 0 unspecified atom stereocenters. The van der Waals surface area contributed by atoms with E-state index in [1.807, 2.05) is 6.92 Å². The number of carbonyl (C=O) groups excluding carboxylic acids is 1. The maximum absolute atomic E-state index is 11.0. The molecule has 0 aromatic carbocycles. The van der Waals surface area contributed by atoms with E-state index in [1.165, 1.54) is 0 Å². The van der Waals surface area contributed by atoms with E-state index in [4.69, 9.17) is 9.47 Å². The largest absolute Gasteiger partial charge is 0.466 e. The average molecular weight is 217 g/mol. The van der Waals surface area contributed by atoms with Crippen LogP contribution in [0.25, 0.3) is 0 Å². The first kappa shape index (κ1) is 14.4. The highest BCUT2D eigenvalue weighted by molar-refractivity contribution is 5.69. The van der Waals surface area contributed by atoms with Crippen molar-refractivity contribution in [3.05, 3.63) is 0 Å². The van der Waals surface area contributed by atoms with E-state index in [0.717, 1.165) is 39.0 Å².